The van der Waals surface area contributed by atoms with Crippen LogP contribution >= 0.6 is 19.4 Å². The van der Waals surface area contributed by atoms with Gasteiger partial charge in [0.15, 0.2) is 0 Å². The van der Waals surface area contributed by atoms with Gasteiger partial charge in [0.1, 0.15) is 18.3 Å². The Hall–Kier alpha value is -3.28. The van der Waals surface area contributed by atoms with E-state index in [1.54, 1.807) is 53.2 Å². The number of fused-ring (bicyclic) bond motifs is 1. The number of ether oxygens (including phenoxy) is 1. The van der Waals surface area contributed by atoms with Gasteiger partial charge in [0.25, 0.3) is 5.91 Å². The zero-order valence-corrected chi connectivity index (χ0v) is 24.5. The summed E-state index contributed by atoms with van der Waals surface area (Å²) in [7, 11) is 0.223. The number of hydrogen-bond acceptors (Lipinski definition) is 9. The zero-order chi connectivity index (χ0) is 28.7. The summed E-state index contributed by atoms with van der Waals surface area (Å²) in [4.78, 5) is 22.5. The molecule has 0 unspecified atom stereocenters. The standard InChI is InChI=1S/C26H30ClN6O6P/c1-17-20(27)8-9-21-23(17)31(16-39-40(35,37-4)38-5)25(30-21)26(2)11-6-14-32(26)24(34)19-15-18(36-3)7-10-22(19)33-28-12-13-29-33/h7-10,12-13,15H,6,11,14,16H2,1-5H3/t26-/m0/s1. The van der Waals surface area contributed by atoms with Crippen LogP contribution < -0.4 is 4.74 Å². The lowest BCUT2D eigenvalue weighted by atomic mass is 9.96. The Morgan fingerprint density at radius 2 is 1.85 bits per heavy atom. The van der Waals surface area contributed by atoms with Gasteiger partial charge in [0, 0.05) is 25.8 Å². The first-order valence-electron chi connectivity index (χ1n) is 12.5. The van der Waals surface area contributed by atoms with Crippen molar-refractivity contribution in [2.24, 2.45) is 0 Å². The molecule has 0 spiro atoms. The molecule has 5 rings (SSSR count). The zero-order valence-electron chi connectivity index (χ0n) is 22.8. The quantitative estimate of drug-likeness (QED) is 0.245. The highest BCUT2D eigenvalue weighted by atomic mass is 35.5. The van der Waals surface area contributed by atoms with E-state index in [1.165, 1.54) is 19.0 Å². The number of amides is 1. The Labute approximate surface area is 236 Å². The number of carbonyl (C=O) groups is 1. The molecule has 3 heterocycles. The van der Waals surface area contributed by atoms with Crippen molar-refractivity contribution in [1.29, 1.82) is 0 Å². The minimum atomic E-state index is -3.82. The largest absolute Gasteiger partial charge is 0.497 e. The van der Waals surface area contributed by atoms with E-state index in [0.717, 1.165) is 12.0 Å². The normalized spacial score (nSPS) is 17.6. The van der Waals surface area contributed by atoms with Crippen LogP contribution in [0, 0.1) is 6.92 Å². The first kappa shape index (κ1) is 28.3. The summed E-state index contributed by atoms with van der Waals surface area (Å²) in [5, 5.41) is 9.00. The van der Waals surface area contributed by atoms with Gasteiger partial charge in [-0.25, -0.2) is 9.55 Å². The minimum absolute atomic E-state index is 0.203. The molecule has 0 saturated carbocycles. The summed E-state index contributed by atoms with van der Waals surface area (Å²) in [5.41, 5.74) is 2.17. The summed E-state index contributed by atoms with van der Waals surface area (Å²) >= 11 is 6.49. The molecular weight excluding hydrogens is 559 g/mol. The maximum atomic E-state index is 14.3. The number of aromatic nitrogens is 5. The summed E-state index contributed by atoms with van der Waals surface area (Å²) < 4.78 is 35.6. The highest BCUT2D eigenvalue weighted by molar-refractivity contribution is 7.48. The maximum Gasteiger partial charge on any atom is 0.475 e. The highest BCUT2D eigenvalue weighted by Gasteiger charge is 2.46. The fourth-order valence-electron chi connectivity index (χ4n) is 5.21. The van der Waals surface area contributed by atoms with Crippen molar-refractivity contribution < 1.29 is 27.7 Å². The SMILES string of the molecule is COc1ccc(-n2nccn2)c(C(=O)N2CCC[C@@]2(C)c2nc3ccc(Cl)c(C)c3n2COP(=O)(OC)OC)c1. The number of nitrogens with zero attached hydrogens (tertiary/aromatic N) is 6. The molecule has 1 aliphatic heterocycles. The number of rotatable bonds is 9. The van der Waals surface area contributed by atoms with Gasteiger partial charge in [-0.05, 0) is 62.6 Å². The number of phosphoric acid groups is 1. The van der Waals surface area contributed by atoms with Crippen LogP contribution in [0.4, 0.5) is 0 Å². The van der Waals surface area contributed by atoms with Gasteiger partial charge in [0.05, 0.1) is 47.3 Å². The summed E-state index contributed by atoms with van der Waals surface area (Å²) in [6, 6.07) is 8.77. The first-order valence-corrected chi connectivity index (χ1v) is 14.4. The van der Waals surface area contributed by atoms with E-state index >= 15 is 0 Å². The first-order chi connectivity index (χ1) is 19.2. The van der Waals surface area contributed by atoms with Crippen LogP contribution in [0.25, 0.3) is 16.7 Å². The molecule has 212 valence electrons. The maximum absolute atomic E-state index is 14.3. The van der Waals surface area contributed by atoms with E-state index in [4.69, 9.17) is 34.9 Å². The number of aryl methyl sites for hydroxylation is 1. The van der Waals surface area contributed by atoms with Gasteiger partial charge in [0.2, 0.25) is 0 Å². The summed E-state index contributed by atoms with van der Waals surface area (Å²) in [5.74, 6) is 0.847. The van der Waals surface area contributed by atoms with Crippen molar-refractivity contribution in [3.8, 4) is 11.4 Å². The number of carbonyl (C=O) groups excluding carboxylic acids is 1. The third-order valence-corrected chi connectivity index (χ3v) is 9.06. The molecule has 0 aliphatic carbocycles. The minimum Gasteiger partial charge on any atom is -0.497 e. The van der Waals surface area contributed by atoms with E-state index in [2.05, 4.69) is 10.2 Å². The molecule has 14 heteroatoms. The van der Waals surface area contributed by atoms with Crippen LogP contribution in [0.5, 0.6) is 5.75 Å². The Morgan fingerprint density at radius 3 is 2.52 bits per heavy atom. The van der Waals surface area contributed by atoms with Gasteiger partial charge in [-0.2, -0.15) is 15.0 Å². The molecule has 0 N–H and O–H groups in total. The fourth-order valence-corrected chi connectivity index (χ4v) is 5.98. The predicted molar refractivity (Wildman–Crippen MR) is 148 cm³/mol. The topological polar surface area (TPSA) is 123 Å². The van der Waals surface area contributed by atoms with Crippen molar-refractivity contribution in [2.45, 2.75) is 39.0 Å². The molecule has 40 heavy (non-hydrogen) atoms. The van der Waals surface area contributed by atoms with Crippen LogP contribution in [0.2, 0.25) is 5.02 Å². The second-order valence-corrected chi connectivity index (χ2v) is 11.8. The number of hydrogen-bond donors (Lipinski definition) is 0. The number of phosphoric ester groups is 1. The number of methoxy groups -OCH3 is 1. The van der Waals surface area contributed by atoms with Crippen LogP contribution in [0.3, 0.4) is 0 Å². The molecule has 1 aliphatic rings. The molecule has 2 aromatic heterocycles. The molecule has 0 radical (unpaired) electrons. The molecule has 0 bridgehead atoms. The van der Waals surface area contributed by atoms with Crippen molar-refractivity contribution in [1.82, 2.24) is 29.4 Å². The monoisotopic (exact) mass is 588 g/mol. The lowest BCUT2D eigenvalue weighted by Gasteiger charge is -2.35. The highest BCUT2D eigenvalue weighted by Crippen LogP contribution is 2.49. The number of imidazole rings is 1. The van der Waals surface area contributed by atoms with E-state index in [9.17, 15) is 9.36 Å². The molecule has 1 fully saturated rings. The smallest absolute Gasteiger partial charge is 0.475 e. The second kappa shape index (κ2) is 10.9. The molecule has 1 amide bonds. The number of benzene rings is 2. The van der Waals surface area contributed by atoms with Crippen molar-refractivity contribution in [3.63, 3.8) is 0 Å². The van der Waals surface area contributed by atoms with Crippen molar-refractivity contribution in [2.75, 3.05) is 27.9 Å². The van der Waals surface area contributed by atoms with Crippen LogP contribution in [-0.4, -0.2) is 63.2 Å². The number of halogens is 1. The molecule has 1 atom stereocenters. The lowest BCUT2D eigenvalue weighted by molar-refractivity contribution is 0.0576. The van der Waals surface area contributed by atoms with E-state index < -0.39 is 13.4 Å². The van der Waals surface area contributed by atoms with Crippen molar-refractivity contribution >= 4 is 36.4 Å². The predicted octanol–water partition coefficient (Wildman–Crippen LogP) is 5.11. The summed E-state index contributed by atoms with van der Waals surface area (Å²) in [6.45, 7) is 4.12. The molecule has 1 saturated heterocycles. The van der Waals surface area contributed by atoms with Gasteiger partial charge in [-0.3, -0.25) is 18.4 Å². The Kier molecular flexibility index (Phi) is 7.73. The van der Waals surface area contributed by atoms with E-state index in [-0.39, 0.29) is 12.6 Å². The van der Waals surface area contributed by atoms with Crippen LogP contribution in [-0.2, 0) is 30.4 Å². The third kappa shape index (κ3) is 4.80. The fraction of sp³-hybridized carbons (Fsp3) is 0.385. The van der Waals surface area contributed by atoms with Crippen molar-refractivity contribution in [3.05, 3.63) is 64.7 Å². The van der Waals surface area contributed by atoms with Crippen LogP contribution in [0.15, 0.2) is 42.7 Å². The Balaban J connectivity index is 1.64. The lowest BCUT2D eigenvalue weighted by Crippen LogP contribution is -2.45. The van der Waals surface area contributed by atoms with E-state index in [1.807, 2.05) is 19.9 Å². The molecule has 4 aromatic rings. The van der Waals surface area contributed by atoms with Gasteiger partial charge in [-0.1, -0.05) is 11.6 Å². The second-order valence-electron chi connectivity index (χ2n) is 9.51. The molecule has 12 nitrogen and oxygen atoms in total. The van der Waals surface area contributed by atoms with Gasteiger partial charge in [-0.15, -0.1) is 0 Å². The van der Waals surface area contributed by atoms with Crippen LogP contribution in [0.1, 0.15) is 41.5 Å². The molecular formula is C26H30ClN6O6P. The van der Waals surface area contributed by atoms with Gasteiger partial charge < -0.3 is 14.2 Å². The molecule has 2 aromatic carbocycles. The Morgan fingerprint density at radius 1 is 1.12 bits per heavy atom. The van der Waals surface area contributed by atoms with E-state index in [0.29, 0.717) is 51.8 Å². The average molecular weight is 589 g/mol. The van der Waals surface area contributed by atoms with Gasteiger partial charge >= 0.3 is 7.82 Å². The summed E-state index contributed by atoms with van der Waals surface area (Å²) in [6.07, 6.45) is 4.46. The average Bonchev–Trinajstić information content (AvgIpc) is 3.72. The Bertz CT molecular complexity index is 1600. The number of likely N-dealkylation sites (tertiary alicyclic amines) is 1. The third-order valence-electron chi connectivity index (χ3n) is 7.32.